The minimum atomic E-state index is -2.18. The monoisotopic (exact) mass is 687 g/mol. The van der Waals surface area contributed by atoms with Gasteiger partial charge in [-0.3, -0.25) is 14.3 Å². The molecule has 4 aromatic rings. The predicted octanol–water partition coefficient (Wildman–Crippen LogP) is 3.83. The number of ether oxygens (including phenoxy) is 3. The summed E-state index contributed by atoms with van der Waals surface area (Å²) in [6.07, 6.45) is -0.107. The molecule has 0 bridgehead atoms. The molecule has 3 aromatic carbocycles. The number of aliphatic hydroxyl groups excluding tert-OH is 1. The van der Waals surface area contributed by atoms with E-state index in [-0.39, 0.29) is 13.0 Å². The molecule has 0 radical (unpaired) electrons. The number of nitrogens with two attached hydrogens (primary N) is 1. The quantitative estimate of drug-likeness (QED) is 0.145. The summed E-state index contributed by atoms with van der Waals surface area (Å²) in [4.78, 5) is 28.6. The number of methoxy groups -OCH3 is 2. The van der Waals surface area contributed by atoms with E-state index in [1.807, 2.05) is 113 Å². The molecule has 1 saturated heterocycles. The molecule has 0 spiro atoms. The molecule has 5 N–H and O–H groups in total. The summed E-state index contributed by atoms with van der Waals surface area (Å²) in [7, 11) is 1.00. The molecule has 0 saturated carbocycles. The van der Waals surface area contributed by atoms with E-state index >= 15 is 0 Å². The Morgan fingerprint density at radius 1 is 0.918 bits per heavy atom. The van der Waals surface area contributed by atoms with Crippen LogP contribution in [0.5, 0.6) is 11.5 Å². The number of hydrogen-bond donors (Lipinski definition) is 4. The molecule has 4 atom stereocenters. The average molecular weight is 688 g/mol. The molecule has 10 nitrogen and oxygen atoms in total. The van der Waals surface area contributed by atoms with E-state index in [0.29, 0.717) is 28.2 Å². The molecule has 0 amide bonds. The highest BCUT2D eigenvalue weighted by Gasteiger charge is 2.74. The lowest BCUT2D eigenvalue weighted by Gasteiger charge is -2.55. The zero-order valence-corrected chi connectivity index (χ0v) is 30.8. The Bertz CT molecular complexity index is 1840. The Hall–Kier alpha value is -4.00. The zero-order valence-electron chi connectivity index (χ0n) is 29.6. The summed E-state index contributed by atoms with van der Waals surface area (Å²) < 4.78 is 19.7. The van der Waals surface area contributed by atoms with Gasteiger partial charge in [-0.15, -0.1) is 0 Å². The maximum Gasteiger partial charge on any atom is 0.330 e. The fourth-order valence-electron chi connectivity index (χ4n) is 7.77. The van der Waals surface area contributed by atoms with Crippen molar-refractivity contribution in [1.29, 1.82) is 0 Å². The maximum absolute atomic E-state index is 13.7. The number of nitrogens with one attached hydrogen (secondary N) is 1. The van der Waals surface area contributed by atoms with E-state index in [9.17, 15) is 19.8 Å². The highest BCUT2D eigenvalue weighted by Crippen LogP contribution is 2.61. The highest BCUT2D eigenvalue weighted by atomic mass is 28.3. The second-order valence-electron chi connectivity index (χ2n) is 14.5. The zero-order chi connectivity index (χ0) is 36.0. The standard InChI is InChI=1S/C38H49N3O7Si/c1-25-22-41(33(44)40-31(25)42)37(49(7)8)23-36(45,34(2,3)4)35(24-39,48-37)32(43)38(26-12-10-9-11-13-26,27-14-18-29(46-5)19-15-27)28-16-20-30(47-6)21-17-28/h9-22,32,43,45,49H,23-24,39H2,1-8H3,(H,40,42,44)/t32?,35-,36-,37+/m1/s1. The van der Waals surface area contributed by atoms with E-state index in [0.717, 1.165) is 5.56 Å². The molecule has 11 heteroatoms. The van der Waals surface area contributed by atoms with Crippen molar-refractivity contribution in [1.82, 2.24) is 9.55 Å². The van der Waals surface area contributed by atoms with E-state index in [1.165, 1.54) is 10.8 Å². The largest absolute Gasteiger partial charge is 0.497 e. The van der Waals surface area contributed by atoms with Crippen molar-refractivity contribution in [3.8, 4) is 11.5 Å². The van der Waals surface area contributed by atoms with Gasteiger partial charge in [0, 0.05) is 24.7 Å². The second kappa shape index (κ2) is 13.0. The lowest BCUT2D eigenvalue weighted by molar-refractivity contribution is -0.235. The SMILES string of the molecule is COc1ccc(C(c2ccccc2)(c2ccc(OC)cc2)C(O)[C@@]2(CN)O[C@](n3cc(C)c(=O)[nH]c3=O)([SiH](C)C)C[C@@]2(O)C(C)(C)C)cc1. The Labute approximate surface area is 289 Å². The van der Waals surface area contributed by atoms with E-state index in [1.54, 1.807) is 21.1 Å². The van der Waals surface area contributed by atoms with Gasteiger partial charge < -0.3 is 30.2 Å². The molecule has 1 aliphatic heterocycles. The number of aromatic nitrogens is 2. The van der Waals surface area contributed by atoms with Crippen molar-refractivity contribution in [2.45, 2.75) is 75.3 Å². The minimum absolute atomic E-state index is 0.0524. The van der Waals surface area contributed by atoms with Crippen LogP contribution in [0.4, 0.5) is 0 Å². The maximum atomic E-state index is 13.7. The summed E-state index contributed by atoms with van der Waals surface area (Å²) in [5.41, 5.74) is 2.11. The number of nitrogens with zero attached hydrogens (tertiary/aromatic N) is 1. The molecular weight excluding hydrogens is 639 g/mol. The van der Waals surface area contributed by atoms with Crippen LogP contribution in [0.1, 0.15) is 49.4 Å². The molecule has 2 heterocycles. The van der Waals surface area contributed by atoms with E-state index in [4.69, 9.17) is 19.9 Å². The van der Waals surface area contributed by atoms with Crippen molar-refractivity contribution in [3.05, 3.63) is 128 Å². The average Bonchev–Trinajstić information content (AvgIpc) is 3.39. The van der Waals surface area contributed by atoms with Crippen LogP contribution in [0.25, 0.3) is 0 Å². The Kier molecular flexibility index (Phi) is 9.65. The molecular formula is C38H49N3O7Si. The number of benzene rings is 3. The summed E-state index contributed by atoms with van der Waals surface area (Å²) in [6, 6.07) is 24.5. The lowest BCUT2D eigenvalue weighted by atomic mass is 9.55. The normalized spacial score (nSPS) is 23.4. The highest BCUT2D eigenvalue weighted by molar-refractivity contribution is 6.58. The van der Waals surface area contributed by atoms with Crippen molar-refractivity contribution < 1.29 is 24.4 Å². The number of aliphatic hydroxyl groups is 2. The van der Waals surface area contributed by atoms with Gasteiger partial charge in [0.15, 0.2) is 0 Å². The van der Waals surface area contributed by atoms with E-state index in [2.05, 4.69) is 4.98 Å². The smallest absolute Gasteiger partial charge is 0.330 e. The van der Waals surface area contributed by atoms with Crippen LogP contribution in [-0.2, 0) is 15.5 Å². The van der Waals surface area contributed by atoms with Gasteiger partial charge >= 0.3 is 5.69 Å². The van der Waals surface area contributed by atoms with Crippen LogP contribution >= 0.6 is 0 Å². The molecule has 1 aliphatic rings. The summed E-state index contributed by atoms with van der Waals surface area (Å²) in [6.45, 7) is 11.0. The fourth-order valence-corrected chi connectivity index (χ4v) is 9.67. The molecule has 1 unspecified atom stereocenters. The summed E-state index contributed by atoms with van der Waals surface area (Å²) in [5.74, 6) is 1.26. The van der Waals surface area contributed by atoms with Gasteiger partial charge in [0.05, 0.1) is 28.4 Å². The van der Waals surface area contributed by atoms with Crippen LogP contribution in [0.3, 0.4) is 0 Å². The lowest BCUT2D eigenvalue weighted by Crippen LogP contribution is -2.72. The van der Waals surface area contributed by atoms with Crippen molar-refractivity contribution >= 4 is 8.80 Å². The molecule has 262 valence electrons. The fraction of sp³-hybridized carbons (Fsp3) is 0.421. The van der Waals surface area contributed by atoms with Crippen molar-refractivity contribution in [3.63, 3.8) is 0 Å². The first kappa shape index (κ1) is 36.3. The second-order valence-corrected chi connectivity index (χ2v) is 17.7. The number of aromatic amines is 1. The van der Waals surface area contributed by atoms with Gasteiger partial charge in [0.2, 0.25) is 0 Å². The van der Waals surface area contributed by atoms with Crippen molar-refractivity contribution in [2.75, 3.05) is 20.8 Å². The Morgan fingerprint density at radius 2 is 1.41 bits per heavy atom. The first-order chi connectivity index (χ1) is 23.1. The van der Waals surface area contributed by atoms with Crippen LogP contribution in [-0.4, -0.2) is 66.6 Å². The molecule has 1 fully saturated rings. The van der Waals surface area contributed by atoms with Gasteiger partial charge in [-0.1, -0.05) is 88.5 Å². The molecule has 1 aromatic heterocycles. The van der Waals surface area contributed by atoms with Crippen LogP contribution in [0, 0.1) is 12.3 Å². The van der Waals surface area contributed by atoms with Crippen LogP contribution in [0.15, 0.2) is 94.6 Å². The number of aryl methyl sites for hydroxylation is 1. The summed E-state index contributed by atoms with van der Waals surface area (Å²) >= 11 is 0. The number of rotatable bonds is 10. The van der Waals surface area contributed by atoms with Gasteiger partial charge in [0.25, 0.3) is 5.56 Å². The van der Waals surface area contributed by atoms with Gasteiger partial charge in [0.1, 0.15) is 34.2 Å². The molecule has 49 heavy (non-hydrogen) atoms. The van der Waals surface area contributed by atoms with E-state index < -0.39 is 53.5 Å². The molecule has 5 rings (SSSR count). The number of hydrogen-bond acceptors (Lipinski definition) is 8. The van der Waals surface area contributed by atoms with Crippen LogP contribution in [0.2, 0.25) is 13.1 Å². The first-order valence-corrected chi connectivity index (χ1v) is 19.4. The molecule has 0 aliphatic carbocycles. The first-order valence-electron chi connectivity index (χ1n) is 16.6. The van der Waals surface area contributed by atoms with Crippen LogP contribution < -0.4 is 26.5 Å². The van der Waals surface area contributed by atoms with Gasteiger partial charge in [-0.2, -0.15) is 0 Å². The topological polar surface area (TPSA) is 149 Å². The predicted molar refractivity (Wildman–Crippen MR) is 193 cm³/mol. The Balaban J connectivity index is 1.93. The van der Waals surface area contributed by atoms with Crippen molar-refractivity contribution in [2.24, 2.45) is 11.1 Å². The van der Waals surface area contributed by atoms with Gasteiger partial charge in [-0.25, -0.2) is 4.79 Å². The number of H-pyrrole nitrogens is 1. The third-order valence-corrected chi connectivity index (χ3v) is 13.1. The van der Waals surface area contributed by atoms with Gasteiger partial charge in [-0.05, 0) is 53.3 Å². The minimum Gasteiger partial charge on any atom is -0.497 e. The third-order valence-electron chi connectivity index (χ3n) is 10.7. The summed E-state index contributed by atoms with van der Waals surface area (Å²) in [5, 5.41) is 25.6. The third kappa shape index (κ3) is 5.48. The Morgan fingerprint density at radius 3 is 1.84 bits per heavy atom.